The fraction of sp³-hybridized carbons (Fsp3) is 0.929. The number of rotatable bonds is 5. The van der Waals surface area contributed by atoms with E-state index in [1.54, 1.807) is 0 Å². The average Bonchev–Trinajstić information content (AvgIpc) is 2.38. The van der Waals surface area contributed by atoms with Gasteiger partial charge in [0.05, 0.1) is 0 Å². The Morgan fingerprint density at radius 1 is 1.18 bits per heavy atom. The van der Waals surface area contributed by atoms with Gasteiger partial charge in [0, 0.05) is 12.0 Å². The van der Waals surface area contributed by atoms with E-state index in [2.05, 4.69) is 18.7 Å². The molecular formula is C14H28ClNO. The first kappa shape index (κ1) is 16.9. The molecule has 0 amide bonds. The molecule has 0 bridgehead atoms. The summed E-state index contributed by atoms with van der Waals surface area (Å²) in [4.78, 5) is 13.6. The van der Waals surface area contributed by atoms with Crippen LogP contribution in [-0.4, -0.2) is 29.3 Å². The van der Waals surface area contributed by atoms with E-state index < -0.39 is 0 Å². The van der Waals surface area contributed by atoms with Crippen LogP contribution in [-0.2, 0) is 4.79 Å². The summed E-state index contributed by atoms with van der Waals surface area (Å²) in [7, 11) is 0. The zero-order valence-corrected chi connectivity index (χ0v) is 12.6. The highest BCUT2D eigenvalue weighted by molar-refractivity contribution is 6.63. The molecule has 0 aromatic heterocycles. The molecule has 1 rings (SSSR count). The Hall–Kier alpha value is -0.0800. The molecule has 1 fully saturated rings. The summed E-state index contributed by atoms with van der Waals surface area (Å²) in [5.41, 5.74) is 0. The summed E-state index contributed by atoms with van der Waals surface area (Å²) in [6.45, 7) is 10.7. The lowest BCUT2D eigenvalue weighted by Gasteiger charge is -2.35. The minimum atomic E-state index is -0.132. The van der Waals surface area contributed by atoms with Crippen LogP contribution in [0.4, 0.5) is 0 Å². The maximum absolute atomic E-state index is 11.0. The van der Waals surface area contributed by atoms with Crippen molar-refractivity contribution < 1.29 is 4.79 Å². The molecule has 0 spiro atoms. The molecule has 3 heteroatoms. The smallest absolute Gasteiger partial charge is 0.224 e. The lowest BCUT2D eigenvalue weighted by molar-refractivity contribution is -0.116. The summed E-state index contributed by atoms with van der Waals surface area (Å²) in [5, 5.41) is -0.132. The van der Waals surface area contributed by atoms with Crippen LogP contribution in [0, 0.1) is 5.92 Å². The van der Waals surface area contributed by atoms with Crippen molar-refractivity contribution in [3.63, 3.8) is 0 Å². The third-order valence-corrected chi connectivity index (χ3v) is 3.76. The molecule has 0 aliphatic heterocycles. The molecule has 0 radical (unpaired) electrons. The first-order valence-corrected chi connectivity index (χ1v) is 7.50. The molecule has 1 aliphatic rings. The summed E-state index contributed by atoms with van der Waals surface area (Å²) in [5.74, 6) is 0.128. The highest BCUT2D eigenvalue weighted by Gasteiger charge is 2.27. The van der Waals surface area contributed by atoms with Crippen LogP contribution >= 0.6 is 11.6 Å². The van der Waals surface area contributed by atoms with Gasteiger partial charge in [0.1, 0.15) is 0 Å². The van der Waals surface area contributed by atoms with E-state index in [1.807, 2.05) is 13.8 Å². The van der Waals surface area contributed by atoms with Gasteiger partial charge < -0.3 is 4.90 Å². The summed E-state index contributed by atoms with van der Waals surface area (Å²) in [6, 6.07) is 0.683. The van der Waals surface area contributed by atoms with Gasteiger partial charge in [0.25, 0.3) is 0 Å². The lowest BCUT2D eigenvalue weighted by atomic mass is 9.86. The fourth-order valence-corrected chi connectivity index (χ4v) is 2.77. The number of hydrogen-bond donors (Lipinski definition) is 0. The number of halogens is 1. The van der Waals surface area contributed by atoms with Gasteiger partial charge in [-0.15, -0.1) is 0 Å². The molecule has 0 atom stereocenters. The van der Waals surface area contributed by atoms with E-state index in [-0.39, 0.29) is 11.2 Å². The Kier molecular flexibility index (Phi) is 9.85. The molecule has 0 unspecified atom stereocenters. The van der Waals surface area contributed by atoms with Crippen molar-refractivity contribution in [2.75, 3.05) is 13.1 Å². The van der Waals surface area contributed by atoms with Gasteiger partial charge in [0.15, 0.2) is 0 Å². The largest absolute Gasteiger partial charge is 0.301 e. The average molecular weight is 262 g/mol. The molecule has 0 heterocycles. The van der Waals surface area contributed by atoms with Gasteiger partial charge in [-0.25, -0.2) is 0 Å². The van der Waals surface area contributed by atoms with Crippen molar-refractivity contribution in [3.05, 3.63) is 0 Å². The highest BCUT2D eigenvalue weighted by atomic mass is 35.5. The monoisotopic (exact) mass is 261 g/mol. The van der Waals surface area contributed by atoms with E-state index >= 15 is 0 Å². The minimum Gasteiger partial charge on any atom is -0.301 e. The predicted octanol–water partition coefficient (Wildman–Crippen LogP) is 4.07. The quantitative estimate of drug-likeness (QED) is 0.696. The molecule has 2 nitrogen and oxygen atoms in total. The third kappa shape index (κ3) is 5.87. The van der Waals surface area contributed by atoms with Crippen LogP contribution in [0.5, 0.6) is 0 Å². The number of carbonyl (C=O) groups is 1. The van der Waals surface area contributed by atoms with Crippen LogP contribution in [0.3, 0.4) is 0 Å². The number of carbonyl (C=O) groups excluding carboxylic acids is 1. The molecule has 0 aromatic carbocycles. The Morgan fingerprint density at radius 2 is 1.71 bits per heavy atom. The van der Waals surface area contributed by atoms with Crippen molar-refractivity contribution in [1.29, 1.82) is 0 Å². The lowest BCUT2D eigenvalue weighted by Crippen LogP contribution is -2.39. The second-order valence-electron chi connectivity index (χ2n) is 4.44. The maximum atomic E-state index is 11.0. The Bertz CT molecular complexity index is 200. The zero-order chi connectivity index (χ0) is 13.3. The number of hydrogen-bond acceptors (Lipinski definition) is 2. The Labute approximate surface area is 112 Å². The molecule has 1 aliphatic carbocycles. The molecule has 0 saturated heterocycles. The van der Waals surface area contributed by atoms with Crippen molar-refractivity contribution in [2.24, 2.45) is 5.92 Å². The zero-order valence-electron chi connectivity index (χ0n) is 11.8. The van der Waals surface area contributed by atoms with E-state index in [4.69, 9.17) is 11.6 Å². The van der Waals surface area contributed by atoms with Gasteiger partial charge in [-0.1, -0.05) is 27.7 Å². The Balaban J connectivity index is 0.00000121. The van der Waals surface area contributed by atoms with Crippen LogP contribution < -0.4 is 0 Å². The van der Waals surface area contributed by atoms with E-state index in [0.29, 0.717) is 6.04 Å². The molecular weight excluding hydrogens is 234 g/mol. The third-order valence-electron chi connectivity index (χ3n) is 3.45. The fourth-order valence-electron chi connectivity index (χ4n) is 2.55. The molecule has 1 saturated carbocycles. The van der Waals surface area contributed by atoms with Crippen molar-refractivity contribution in [1.82, 2.24) is 4.90 Å². The van der Waals surface area contributed by atoms with Gasteiger partial charge in [-0.3, -0.25) is 4.79 Å². The summed E-state index contributed by atoms with van der Waals surface area (Å²) in [6.07, 6.45) is 5.44. The van der Waals surface area contributed by atoms with Crippen LogP contribution in [0.15, 0.2) is 0 Å². The normalized spacial score (nSPS) is 24.1. The maximum Gasteiger partial charge on any atom is 0.224 e. The topological polar surface area (TPSA) is 20.3 Å². The van der Waals surface area contributed by atoms with E-state index in [9.17, 15) is 4.79 Å². The molecule has 0 aromatic rings. The second-order valence-corrected chi connectivity index (χ2v) is 4.81. The second kappa shape index (κ2) is 9.90. The molecule has 17 heavy (non-hydrogen) atoms. The molecule has 102 valence electrons. The predicted molar refractivity (Wildman–Crippen MR) is 75.5 cm³/mol. The van der Waals surface area contributed by atoms with Crippen molar-refractivity contribution >= 4 is 16.8 Å². The van der Waals surface area contributed by atoms with E-state index in [1.165, 1.54) is 13.0 Å². The van der Waals surface area contributed by atoms with Gasteiger partial charge in [-0.2, -0.15) is 0 Å². The van der Waals surface area contributed by atoms with Crippen LogP contribution in [0.1, 0.15) is 59.8 Å². The van der Waals surface area contributed by atoms with E-state index in [0.717, 1.165) is 32.2 Å². The molecule has 0 N–H and O–H groups in total. The first-order chi connectivity index (χ1) is 8.19. The van der Waals surface area contributed by atoms with Crippen molar-refractivity contribution in [3.8, 4) is 0 Å². The van der Waals surface area contributed by atoms with Gasteiger partial charge in [0.2, 0.25) is 5.24 Å². The SMILES string of the molecule is CC.CCCN(CC)C1CCC(C(=O)Cl)CC1. The number of nitrogens with zero attached hydrogens (tertiary/aromatic N) is 1. The first-order valence-electron chi connectivity index (χ1n) is 7.12. The van der Waals surface area contributed by atoms with Gasteiger partial charge >= 0.3 is 0 Å². The highest BCUT2D eigenvalue weighted by Crippen LogP contribution is 2.29. The summed E-state index contributed by atoms with van der Waals surface area (Å²) < 4.78 is 0. The summed E-state index contributed by atoms with van der Waals surface area (Å²) >= 11 is 5.53. The van der Waals surface area contributed by atoms with Crippen LogP contribution in [0.2, 0.25) is 0 Å². The van der Waals surface area contributed by atoms with Crippen molar-refractivity contribution in [2.45, 2.75) is 65.8 Å². The minimum absolute atomic E-state index is 0.128. The Morgan fingerprint density at radius 3 is 2.06 bits per heavy atom. The van der Waals surface area contributed by atoms with Gasteiger partial charge in [-0.05, 0) is 56.8 Å². The standard InChI is InChI=1S/C12H22ClNO.C2H6/c1-3-9-14(4-2)11-7-5-10(6-8-11)12(13)15;1-2/h10-11H,3-9H2,1-2H3;1-2H3. The van der Waals surface area contributed by atoms with Crippen LogP contribution in [0.25, 0.3) is 0 Å².